The van der Waals surface area contributed by atoms with Crippen LogP contribution >= 0.6 is 0 Å². The minimum atomic E-state index is -3.91. The van der Waals surface area contributed by atoms with Gasteiger partial charge in [-0.1, -0.05) is 18.2 Å². The van der Waals surface area contributed by atoms with Gasteiger partial charge < -0.3 is 10.4 Å². The van der Waals surface area contributed by atoms with Crippen molar-refractivity contribution in [2.45, 2.75) is 30.3 Å². The lowest BCUT2D eigenvalue weighted by molar-refractivity contribution is -0.125. The van der Waals surface area contributed by atoms with E-state index in [2.05, 4.69) is 10.3 Å². The number of pyridine rings is 1. The number of carbonyl (C=O) groups excluding carboxylic acids is 1. The van der Waals surface area contributed by atoms with Crippen molar-refractivity contribution < 1.29 is 23.1 Å². The van der Waals surface area contributed by atoms with Crippen molar-refractivity contribution in [2.24, 2.45) is 0 Å². The second-order valence-electron chi connectivity index (χ2n) is 7.00. The van der Waals surface area contributed by atoms with E-state index >= 15 is 0 Å². The normalized spacial score (nSPS) is 16.7. The summed E-state index contributed by atoms with van der Waals surface area (Å²) in [5.74, 6) is -0.443. The molecule has 1 aromatic carbocycles. The number of rotatable bonds is 5. The van der Waals surface area contributed by atoms with Gasteiger partial charge in [0.2, 0.25) is 5.91 Å². The number of likely N-dealkylation sites (tertiary alicyclic amines) is 1. The van der Waals surface area contributed by atoms with Crippen molar-refractivity contribution in [2.75, 3.05) is 6.54 Å². The molecule has 0 aliphatic carbocycles. The number of hydrogen-bond donors (Lipinski definition) is 2. The van der Waals surface area contributed by atoms with Crippen molar-refractivity contribution in [3.8, 4) is 0 Å². The highest BCUT2D eigenvalue weighted by atomic mass is 32.2. The molecule has 10 heteroatoms. The van der Waals surface area contributed by atoms with Crippen molar-refractivity contribution >= 4 is 32.9 Å². The molecule has 2 amide bonds. The predicted octanol–water partition coefficient (Wildman–Crippen LogP) is 2.03. The van der Waals surface area contributed by atoms with Crippen LogP contribution in [0.25, 0.3) is 10.9 Å². The molecule has 9 nitrogen and oxygen atoms in total. The van der Waals surface area contributed by atoms with Gasteiger partial charge >= 0.3 is 6.09 Å². The topological polar surface area (TPSA) is 122 Å². The third-order valence-electron chi connectivity index (χ3n) is 5.16. The first-order valence-corrected chi connectivity index (χ1v) is 10.9. The zero-order valence-corrected chi connectivity index (χ0v) is 16.7. The average Bonchev–Trinajstić information content (AvgIpc) is 3.37. The predicted molar refractivity (Wildman–Crippen MR) is 108 cm³/mol. The largest absolute Gasteiger partial charge is 0.465 e. The summed E-state index contributed by atoms with van der Waals surface area (Å²) in [7, 11) is -3.91. The molecular formula is C20H20N4O5S. The molecule has 3 aromatic rings. The zero-order chi connectivity index (χ0) is 21.3. The van der Waals surface area contributed by atoms with Crippen molar-refractivity contribution in [3.63, 3.8) is 0 Å². The standard InChI is InChI=1S/C20H20N4O5S/c25-19(18-7-4-10-23(18)20(26)27)22-13-15-11-14-12-21-9-8-17(14)24(15)30(28,29)16-5-2-1-3-6-16/h1-3,5-6,8-9,11-12,18H,4,7,10,13H2,(H,22,25)(H,26,27)/t18-/m0/s1. The summed E-state index contributed by atoms with van der Waals surface area (Å²) in [6.45, 7) is 0.241. The van der Waals surface area contributed by atoms with E-state index in [1.165, 1.54) is 22.3 Å². The maximum Gasteiger partial charge on any atom is 0.407 e. The van der Waals surface area contributed by atoms with Crippen molar-refractivity contribution in [3.05, 3.63) is 60.6 Å². The Morgan fingerprint density at radius 3 is 2.70 bits per heavy atom. The Kier molecular flexibility index (Phi) is 5.17. The second kappa shape index (κ2) is 7.79. The van der Waals surface area contributed by atoms with Gasteiger partial charge in [-0.25, -0.2) is 17.2 Å². The van der Waals surface area contributed by atoms with Gasteiger partial charge in [-0.3, -0.25) is 14.7 Å². The van der Waals surface area contributed by atoms with E-state index in [4.69, 9.17) is 0 Å². The molecule has 4 rings (SSSR count). The van der Waals surface area contributed by atoms with E-state index in [-0.39, 0.29) is 11.4 Å². The zero-order valence-electron chi connectivity index (χ0n) is 15.9. The maximum absolute atomic E-state index is 13.3. The molecule has 3 heterocycles. The fourth-order valence-electron chi connectivity index (χ4n) is 3.76. The molecule has 0 unspecified atom stereocenters. The molecule has 1 aliphatic rings. The van der Waals surface area contributed by atoms with Crippen LogP contribution in [0.5, 0.6) is 0 Å². The summed E-state index contributed by atoms with van der Waals surface area (Å²) in [6, 6.07) is 10.5. The number of amides is 2. The number of fused-ring (bicyclic) bond motifs is 1. The second-order valence-corrected chi connectivity index (χ2v) is 8.79. The third-order valence-corrected chi connectivity index (χ3v) is 6.94. The maximum atomic E-state index is 13.3. The van der Waals surface area contributed by atoms with Crippen LogP contribution in [0.15, 0.2) is 59.8 Å². The Morgan fingerprint density at radius 2 is 1.97 bits per heavy atom. The Hall–Kier alpha value is -3.40. The monoisotopic (exact) mass is 428 g/mol. The molecule has 0 bridgehead atoms. The lowest BCUT2D eigenvalue weighted by Crippen LogP contribution is -2.45. The fraction of sp³-hybridized carbons (Fsp3) is 0.250. The number of hydrogen-bond acceptors (Lipinski definition) is 5. The van der Waals surface area contributed by atoms with Gasteiger partial charge in [0.05, 0.1) is 22.7 Å². The first kappa shape index (κ1) is 19.9. The SMILES string of the molecule is O=C(NCc1cc2cnccc2n1S(=O)(=O)c1ccccc1)[C@@H]1CCCN1C(=O)O. The van der Waals surface area contributed by atoms with E-state index in [1.807, 2.05) is 0 Å². The summed E-state index contributed by atoms with van der Waals surface area (Å²) >= 11 is 0. The highest BCUT2D eigenvalue weighted by Gasteiger charge is 2.34. The van der Waals surface area contributed by atoms with Gasteiger partial charge in [-0.05, 0) is 37.1 Å². The van der Waals surface area contributed by atoms with Crippen LogP contribution < -0.4 is 5.32 Å². The smallest absolute Gasteiger partial charge is 0.407 e. The molecule has 1 aliphatic heterocycles. The quantitative estimate of drug-likeness (QED) is 0.641. The lowest BCUT2D eigenvalue weighted by Gasteiger charge is -2.21. The molecule has 2 aromatic heterocycles. The van der Waals surface area contributed by atoms with Crippen LogP contribution in [0, 0.1) is 0 Å². The minimum Gasteiger partial charge on any atom is -0.465 e. The number of aromatic nitrogens is 2. The average molecular weight is 428 g/mol. The molecule has 156 valence electrons. The molecule has 1 atom stereocenters. The van der Waals surface area contributed by atoms with E-state index in [1.54, 1.807) is 36.5 Å². The van der Waals surface area contributed by atoms with Gasteiger partial charge in [0.15, 0.2) is 0 Å². The highest BCUT2D eigenvalue weighted by molar-refractivity contribution is 7.90. The summed E-state index contributed by atoms with van der Waals surface area (Å²) < 4.78 is 27.8. The number of nitrogens with one attached hydrogen (secondary N) is 1. The van der Waals surface area contributed by atoms with E-state index in [0.717, 1.165) is 4.90 Å². The van der Waals surface area contributed by atoms with Crippen molar-refractivity contribution in [1.29, 1.82) is 0 Å². The number of benzene rings is 1. The lowest BCUT2D eigenvalue weighted by atomic mass is 10.2. The Bertz CT molecular complexity index is 1210. The molecule has 0 radical (unpaired) electrons. The van der Waals surface area contributed by atoms with Crippen LogP contribution in [-0.4, -0.2) is 52.0 Å². The van der Waals surface area contributed by atoms with Gasteiger partial charge in [0.1, 0.15) is 6.04 Å². The summed E-state index contributed by atoms with van der Waals surface area (Å²) in [6.07, 6.45) is 2.97. The van der Waals surface area contributed by atoms with Gasteiger partial charge in [-0.2, -0.15) is 0 Å². The van der Waals surface area contributed by atoms with Crippen LogP contribution in [0.1, 0.15) is 18.5 Å². The molecular weight excluding hydrogens is 408 g/mol. The minimum absolute atomic E-state index is 0.0659. The van der Waals surface area contributed by atoms with Gasteiger partial charge in [0.25, 0.3) is 10.0 Å². The number of nitrogens with zero attached hydrogens (tertiary/aromatic N) is 3. The van der Waals surface area contributed by atoms with E-state index in [0.29, 0.717) is 36.0 Å². The third kappa shape index (κ3) is 3.50. The Labute approximate surface area is 173 Å². The fourth-order valence-corrected chi connectivity index (χ4v) is 5.32. The van der Waals surface area contributed by atoms with Gasteiger partial charge in [0, 0.05) is 24.3 Å². The van der Waals surface area contributed by atoms with Crippen molar-refractivity contribution in [1.82, 2.24) is 19.2 Å². The van der Waals surface area contributed by atoms with Crippen LogP contribution in [0.2, 0.25) is 0 Å². The first-order chi connectivity index (χ1) is 14.4. The van der Waals surface area contributed by atoms with Crippen LogP contribution in [0.3, 0.4) is 0 Å². The first-order valence-electron chi connectivity index (χ1n) is 9.42. The Balaban J connectivity index is 1.68. The van der Waals surface area contributed by atoms with Crippen LogP contribution in [0.4, 0.5) is 4.79 Å². The summed E-state index contributed by atoms with van der Waals surface area (Å²) in [5.41, 5.74) is 0.807. The van der Waals surface area contributed by atoms with E-state index in [9.17, 15) is 23.1 Å². The van der Waals surface area contributed by atoms with E-state index < -0.39 is 28.1 Å². The van der Waals surface area contributed by atoms with Gasteiger partial charge in [-0.15, -0.1) is 0 Å². The Morgan fingerprint density at radius 1 is 1.20 bits per heavy atom. The molecule has 30 heavy (non-hydrogen) atoms. The summed E-state index contributed by atoms with van der Waals surface area (Å²) in [4.78, 5) is 29.2. The molecule has 2 N–H and O–H groups in total. The molecule has 0 spiro atoms. The number of carboxylic acid groups (broad SMARTS) is 1. The van der Waals surface area contributed by atoms with Crippen LogP contribution in [-0.2, 0) is 21.4 Å². The molecule has 1 saturated heterocycles. The summed E-state index contributed by atoms with van der Waals surface area (Å²) in [5, 5.41) is 12.6. The number of carbonyl (C=O) groups is 2. The highest BCUT2D eigenvalue weighted by Crippen LogP contribution is 2.25. The molecule has 0 saturated carbocycles. The molecule has 1 fully saturated rings.